The Kier molecular flexibility index (Phi) is 4.83. The van der Waals surface area contributed by atoms with Crippen LogP contribution in [-0.4, -0.2) is 22.1 Å². The van der Waals surface area contributed by atoms with Gasteiger partial charge in [0.15, 0.2) is 0 Å². The van der Waals surface area contributed by atoms with E-state index in [4.69, 9.17) is 14.5 Å². The van der Waals surface area contributed by atoms with Crippen molar-refractivity contribution in [1.82, 2.24) is 15.0 Å². The third-order valence-corrected chi connectivity index (χ3v) is 5.73. The molecule has 0 spiro atoms. The first-order chi connectivity index (χ1) is 14.8. The summed E-state index contributed by atoms with van der Waals surface area (Å²) in [5.41, 5.74) is 3.82. The van der Waals surface area contributed by atoms with E-state index in [2.05, 4.69) is 16.0 Å². The van der Waals surface area contributed by atoms with Gasteiger partial charge in [-0.05, 0) is 42.0 Å². The normalized spacial score (nSPS) is 10.8. The number of hydrogen-bond acceptors (Lipinski definition) is 6. The number of nitrogens with zero attached hydrogens (tertiary/aromatic N) is 3. The summed E-state index contributed by atoms with van der Waals surface area (Å²) >= 11 is 1.64. The Morgan fingerprint density at radius 1 is 0.767 bits per heavy atom. The number of hydrogen-bond donors (Lipinski definition) is 0. The summed E-state index contributed by atoms with van der Waals surface area (Å²) in [7, 11) is 1.65. The van der Waals surface area contributed by atoms with Crippen LogP contribution in [-0.2, 0) is 0 Å². The van der Waals surface area contributed by atoms with E-state index in [-0.39, 0.29) is 0 Å². The molecule has 0 bridgehead atoms. The third-order valence-electron chi connectivity index (χ3n) is 4.66. The number of para-hydroxylation sites is 2. The van der Waals surface area contributed by atoms with Crippen molar-refractivity contribution in [3.05, 3.63) is 85.2 Å². The summed E-state index contributed by atoms with van der Waals surface area (Å²) < 4.78 is 12.4. The zero-order valence-corrected chi connectivity index (χ0v) is 17.0. The predicted molar refractivity (Wildman–Crippen MR) is 119 cm³/mol. The quantitative estimate of drug-likeness (QED) is 0.343. The monoisotopic (exact) mass is 411 g/mol. The van der Waals surface area contributed by atoms with Crippen LogP contribution in [0.4, 0.5) is 0 Å². The highest BCUT2D eigenvalue weighted by atomic mass is 32.1. The average Bonchev–Trinajstić information content (AvgIpc) is 3.24. The van der Waals surface area contributed by atoms with Crippen molar-refractivity contribution in [3.8, 4) is 39.2 Å². The van der Waals surface area contributed by atoms with Crippen LogP contribution in [0.5, 0.6) is 17.5 Å². The predicted octanol–water partition coefficient (Wildman–Crippen LogP) is 6.22. The Morgan fingerprint density at radius 3 is 2.27 bits per heavy atom. The van der Waals surface area contributed by atoms with Crippen molar-refractivity contribution < 1.29 is 9.47 Å². The molecule has 5 nitrogen and oxygen atoms in total. The smallest absolute Gasteiger partial charge is 0.321 e. The standard InChI is InChI=1S/C24H17N3O2S/c1-28-18-12-10-16(11-13-18)17-14-25-24(26-15-17)29-21-8-4-2-6-19(21)23-27-20-7-3-5-9-22(20)30-23/h2-15H,1H3. The molecule has 0 aliphatic heterocycles. The summed E-state index contributed by atoms with van der Waals surface area (Å²) in [6.45, 7) is 0. The minimum absolute atomic E-state index is 0.292. The van der Waals surface area contributed by atoms with E-state index >= 15 is 0 Å². The summed E-state index contributed by atoms with van der Waals surface area (Å²) in [6.07, 6.45) is 3.51. The molecule has 0 unspecified atom stereocenters. The number of aromatic nitrogens is 3. The van der Waals surface area contributed by atoms with Gasteiger partial charge in [-0.2, -0.15) is 0 Å². The van der Waals surface area contributed by atoms with E-state index in [1.807, 2.05) is 66.7 Å². The maximum atomic E-state index is 6.01. The molecule has 0 fully saturated rings. The van der Waals surface area contributed by atoms with E-state index in [0.717, 1.165) is 37.7 Å². The van der Waals surface area contributed by atoms with Crippen LogP contribution in [0.15, 0.2) is 85.2 Å². The Morgan fingerprint density at radius 2 is 1.50 bits per heavy atom. The second-order valence-corrected chi connectivity index (χ2v) is 7.60. The molecule has 0 aliphatic carbocycles. The largest absolute Gasteiger partial charge is 0.497 e. The first kappa shape index (κ1) is 18.3. The second kappa shape index (κ2) is 7.93. The Labute approximate surface area is 177 Å². The molecule has 2 heterocycles. The summed E-state index contributed by atoms with van der Waals surface area (Å²) in [6, 6.07) is 24.0. The van der Waals surface area contributed by atoms with E-state index in [1.54, 1.807) is 30.8 Å². The van der Waals surface area contributed by atoms with Crippen LogP contribution in [0.3, 0.4) is 0 Å². The third kappa shape index (κ3) is 3.60. The number of fused-ring (bicyclic) bond motifs is 1. The van der Waals surface area contributed by atoms with Crippen LogP contribution in [0.2, 0.25) is 0 Å². The lowest BCUT2D eigenvalue weighted by Gasteiger charge is -2.08. The van der Waals surface area contributed by atoms with Crippen molar-refractivity contribution >= 4 is 21.6 Å². The van der Waals surface area contributed by atoms with Gasteiger partial charge in [0.1, 0.15) is 16.5 Å². The fourth-order valence-corrected chi connectivity index (χ4v) is 4.12. The Hall–Kier alpha value is -3.77. The minimum atomic E-state index is 0.292. The lowest BCUT2D eigenvalue weighted by Crippen LogP contribution is -1.94. The Balaban J connectivity index is 1.42. The van der Waals surface area contributed by atoms with Gasteiger partial charge in [-0.15, -0.1) is 11.3 Å². The fourth-order valence-electron chi connectivity index (χ4n) is 3.12. The molecular formula is C24H17N3O2S. The molecule has 146 valence electrons. The molecule has 30 heavy (non-hydrogen) atoms. The fraction of sp³-hybridized carbons (Fsp3) is 0.0417. The van der Waals surface area contributed by atoms with E-state index in [0.29, 0.717) is 11.8 Å². The topological polar surface area (TPSA) is 57.1 Å². The summed E-state index contributed by atoms with van der Waals surface area (Å²) in [5, 5.41) is 0.904. The number of methoxy groups -OCH3 is 1. The van der Waals surface area contributed by atoms with Crippen LogP contribution in [0.25, 0.3) is 31.9 Å². The van der Waals surface area contributed by atoms with Crippen LogP contribution >= 0.6 is 11.3 Å². The molecule has 5 aromatic rings. The molecular weight excluding hydrogens is 394 g/mol. The van der Waals surface area contributed by atoms with E-state index in [1.165, 1.54) is 0 Å². The number of benzene rings is 3. The van der Waals surface area contributed by atoms with Gasteiger partial charge in [-0.25, -0.2) is 15.0 Å². The molecule has 0 atom stereocenters. The second-order valence-electron chi connectivity index (χ2n) is 6.57. The van der Waals surface area contributed by atoms with E-state index in [9.17, 15) is 0 Å². The van der Waals surface area contributed by atoms with Crippen LogP contribution in [0, 0.1) is 0 Å². The van der Waals surface area contributed by atoms with Gasteiger partial charge in [-0.1, -0.05) is 36.4 Å². The molecule has 0 saturated heterocycles. The van der Waals surface area contributed by atoms with Gasteiger partial charge in [-0.3, -0.25) is 0 Å². The molecule has 0 aliphatic rings. The highest BCUT2D eigenvalue weighted by molar-refractivity contribution is 7.21. The zero-order valence-electron chi connectivity index (χ0n) is 16.1. The van der Waals surface area contributed by atoms with E-state index < -0.39 is 0 Å². The number of thiazole rings is 1. The van der Waals surface area contributed by atoms with Gasteiger partial charge in [0.05, 0.1) is 22.9 Å². The molecule has 6 heteroatoms. The van der Waals surface area contributed by atoms with Gasteiger partial charge in [0.2, 0.25) is 0 Å². The van der Waals surface area contributed by atoms with Crippen molar-refractivity contribution in [2.45, 2.75) is 0 Å². The van der Waals surface area contributed by atoms with Crippen molar-refractivity contribution in [1.29, 1.82) is 0 Å². The SMILES string of the molecule is COc1ccc(-c2cnc(Oc3ccccc3-c3nc4ccccc4s3)nc2)cc1. The summed E-state index contributed by atoms with van der Waals surface area (Å²) in [5.74, 6) is 1.49. The molecule has 0 radical (unpaired) electrons. The maximum absolute atomic E-state index is 6.01. The molecule has 5 rings (SSSR count). The lowest BCUT2D eigenvalue weighted by atomic mass is 10.1. The maximum Gasteiger partial charge on any atom is 0.321 e. The minimum Gasteiger partial charge on any atom is -0.497 e. The first-order valence-corrected chi connectivity index (χ1v) is 10.2. The summed E-state index contributed by atoms with van der Waals surface area (Å²) in [4.78, 5) is 13.5. The molecule has 3 aromatic carbocycles. The zero-order chi connectivity index (χ0) is 20.3. The molecule has 0 saturated carbocycles. The van der Waals surface area contributed by atoms with Gasteiger partial charge in [0, 0.05) is 18.0 Å². The lowest BCUT2D eigenvalue weighted by molar-refractivity contribution is 0.415. The highest BCUT2D eigenvalue weighted by Crippen LogP contribution is 2.37. The highest BCUT2D eigenvalue weighted by Gasteiger charge is 2.13. The number of rotatable bonds is 5. The van der Waals surface area contributed by atoms with Crippen LogP contribution < -0.4 is 9.47 Å². The molecule has 0 amide bonds. The van der Waals surface area contributed by atoms with Crippen LogP contribution in [0.1, 0.15) is 0 Å². The average molecular weight is 411 g/mol. The van der Waals surface area contributed by atoms with Crippen molar-refractivity contribution in [2.75, 3.05) is 7.11 Å². The van der Waals surface area contributed by atoms with Gasteiger partial charge < -0.3 is 9.47 Å². The molecule has 2 aromatic heterocycles. The Bertz CT molecular complexity index is 1270. The van der Waals surface area contributed by atoms with Gasteiger partial charge >= 0.3 is 6.01 Å². The first-order valence-electron chi connectivity index (χ1n) is 9.39. The van der Waals surface area contributed by atoms with Gasteiger partial charge in [0.25, 0.3) is 0 Å². The van der Waals surface area contributed by atoms with Crippen molar-refractivity contribution in [3.63, 3.8) is 0 Å². The molecule has 0 N–H and O–H groups in total. The number of ether oxygens (including phenoxy) is 2. The van der Waals surface area contributed by atoms with Crippen molar-refractivity contribution in [2.24, 2.45) is 0 Å².